The minimum Gasteiger partial charge on any atom is -0.390 e. The largest absolute Gasteiger partial charge is 0.390 e. The normalized spacial score (nSPS) is 30.8. The molecule has 170 valence electrons. The van der Waals surface area contributed by atoms with Gasteiger partial charge in [0.05, 0.1) is 21.7 Å². The number of nitrogens with two attached hydrogens (primary N) is 2. The number of anilines is 3. The highest BCUT2D eigenvalue weighted by Crippen LogP contribution is 2.56. The number of hydrogen-bond donors (Lipinski definition) is 5. The molecule has 0 spiro atoms. The van der Waals surface area contributed by atoms with Crippen LogP contribution >= 0.6 is 0 Å². The smallest absolute Gasteiger partial charge is 0.252 e. The van der Waals surface area contributed by atoms with Crippen LogP contribution in [0.3, 0.4) is 0 Å². The zero-order valence-electron chi connectivity index (χ0n) is 17.5. The molecule has 0 saturated heterocycles. The van der Waals surface area contributed by atoms with Crippen molar-refractivity contribution in [3.8, 4) is 0 Å². The average molecular weight is 458 g/mol. The molecule has 4 bridgehead atoms. The molecule has 0 aliphatic heterocycles. The maximum absolute atomic E-state index is 12.0. The van der Waals surface area contributed by atoms with E-state index in [0.29, 0.717) is 40.5 Å². The third-order valence-corrected chi connectivity index (χ3v) is 8.12. The van der Waals surface area contributed by atoms with E-state index in [1.165, 1.54) is 18.3 Å². The molecule has 6 rings (SSSR count). The number of nitrogens with zero attached hydrogens (tertiary/aromatic N) is 1. The van der Waals surface area contributed by atoms with Crippen LogP contribution in [-0.2, 0) is 10.0 Å². The summed E-state index contributed by atoms with van der Waals surface area (Å²) in [6.07, 6.45) is 6.11. The molecule has 9 nitrogen and oxygen atoms in total. The van der Waals surface area contributed by atoms with E-state index in [0.717, 1.165) is 32.1 Å². The van der Waals surface area contributed by atoms with Crippen molar-refractivity contribution in [1.82, 2.24) is 4.98 Å². The Morgan fingerprint density at radius 2 is 1.78 bits per heavy atom. The van der Waals surface area contributed by atoms with Crippen molar-refractivity contribution in [3.05, 3.63) is 42.1 Å². The summed E-state index contributed by atoms with van der Waals surface area (Å²) in [5.41, 5.74) is 6.61. The number of amides is 1. The van der Waals surface area contributed by atoms with Gasteiger partial charge in [0.2, 0.25) is 10.0 Å². The summed E-state index contributed by atoms with van der Waals surface area (Å²) in [5, 5.41) is 22.7. The quantitative estimate of drug-likeness (QED) is 0.443. The van der Waals surface area contributed by atoms with Crippen LogP contribution in [0.1, 0.15) is 42.5 Å². The van der Waals surface area contributed by atoms with Crippen LogP contribution in [0, 0.1) is 17.8 Å². The van der Waals surface area contributed by atoms with E-state index in [-0.39, 0.29) is 10.9 Å². The summed E-state index contributed by atoms with van der Waals surface area (Å²) in [6.45, 7) is 0. The summed E-state index contributed by atoms with van der Waals surface area (Å²) in [5.74, 6) is 1.24. The number of nitrogens with one attached hydrogen (secondary N) is 2. The van der Waals surface area contributed by atoms with E-state index in [1.807, 2.05) is 0 Å². The molecular formula is C22H27N5O4S. The number of rotatable bonds is 6. The van der Waals surface area contributed by atoms with Gasteiger partial charge in [0.25, 0.3) is 5.91 Å². The number of primary amides is 1. The van der Waals surface area contributed by atoms with E-state index in [4.69, 9.17) is 10.9 Å². The molecule has 4 aliphatic carbocycles. The zero-order chi connectivity index (χ0) is 22.7. The second-order valence-corrected chi connectivity index (χ2v) is 11.1. The maximum atomic E-state index is 12.0. The first-order valence-corrected chi connectivity index (χ1v) is 12.3. The van der Waals surface area contributed by atoms with Gasteiger partial charge in [-0.15, -0.1) is 0 Å². The molecule has 7 N–H and O–H groups in total. The van der Waals surface area contributed by atoms with Crippen LogP contribution in [0.2, 0.25) is 0 Å². The van der Waals surface area contributed by atoms with E-state index in [2.05, 4.69) is 15.6 Å². The Kier molecular flexibility index (Phi) is 4.92. The summed E-state index contributed by atoms with van der Waals surface area (Å²) in [6, 6.07) is 7.92. The summed E-state index contributed by atoms with van der Waals surface area (Å²) >= 11 is 0. The van der Waals surface area contributed by atoms with Crippen molar-refractivity contribution in [2.75, 3.05) is 10.6 Å². The van der Waals surface area contributed by atoms with Gasteiger partial charge in [-0.2, -0.15) is 0 Å². The number of aliphatic hydroxyl groups is 1. The number of pyridine rings is 1. The van der Waals surface area contributed by atoms with Gasteiger partial charge < -0.3 is 21.5 Å². The SMILES string of the molecule is NC(=O)c1cnc(Nc2ccc(S(N)(=O)=O)cc2)cc1N[C@@H]1[C@@H]2CC3C[C@H]1C[C@@](O)(C3)C2. The third-order valence-electron chi connectivity index (χ3n) is 7.19. The van der Waals surface area contributed by atoms with Crippen molar-refractivity contribution >= 4 is 33.1 Å². The number of benzene rings is 1. The Morgan fingerprint density at radius 3 is 2.34 bits per heavy atom. The van der Waals surface area contributed by atoms with Crippen LogP contribution in [-0.4, -0.2) is 36.1 Å². The fourth-order valence-electron chi connectivity index (χ4n) is 6.11. The first-order chi connectivity index (χ1) is 15.1. The minimum atomic E-state index is -3.77. The summed E-state index contributed by atoms with van der Waals surface area (Å²) < 4.78 is 22.9. The van der Waals surface area contributed by atoms with Crippen LogP contribution in [0.25, 0.3) is 0 Å². The van der Waals surface area contributed by atoms with Gasteiger partial charge >= 0.3 is 0 Å². The molecule has 5 atom stereocenters. The van der Waals surface area contributed by atoms with E-state index >= 15 is 0 Å². The molecule has 1 unspecified atom stereocenters. The lowest BCUT2D eigenvalue weighted by atomic mass is 9.52. The number of carbonyl (C=O) groups is 1. The van der Waals surface area contributed by atoms with Crippen molar-refractivity contribution in [2.45, 2.75) is 48.6 Å². The molecule has 0 radical (unpaired) electrons. The van der Waals surface area contributed by atoms with E-state index < -0.39 is 21.5 Å². The number of primary sulfonamides is 1. The van der Waals surface area contributed by atoms with Crippen molar-refractivity contribution < 1.29 is 18.3 Å². The molecule has 4 saturated carbocycles. The van der Waals surface area contributed by atoms with Gasteiger partial charge in [0, 0.05) is 24.0 Å². The topological polar surface area (TPSA) is 160 Å². The monoisotopic (exact) mass is 457 g/mol. The lowest BCUT2D eigenvalue weighted by molar-refractivity contribution is -0.129. The summed E-state index contributed by atoms with van der Waals surface area (Å²) in [4.78, 5) is 16.3. The second-order valence-electron chi connectivity index (χ2n) is 9.54. The fraction of sp³-hybridized carbons (Fsp3) is 0.455. The number of sulfonamides is 1. The standard InChI is InChI=1S/C22H27N5O4S/c23-21(28)17-11-25-19(26-15-1-3-16(4-2-15)32(24,30)31)7-18(17)27-20-13-5-12-6-14(20)10-22(29,8-12)9-13/h1-4,7,11-14,20,29H,5-6,8-10H2,(H2,23,28)(H2,24,30,31)(H2,25,26,27)/t12?,13-,14+,20-,22-. The molecular weight excluding hydrogens is 430 g/mol. The Hall–Kier alpha value is -2.69. The molecule has 1 amide bonds. The first kappa shape index (κ1) is 21.2. The van der Waals surface area contributed by atoms with Crippen LogP contribution < -0.4 is 21.5 Å². The minimum absolute atomic E-state index is 0.0194. The van der Waals surface area contributed by atoms with Gasteiger partial charge in [-0.3, -0.25) is 4.79 Å². The van der Waals surface area contributed by atoms with Gasteiger partial charge in [-0.25, -0.2) is 18.5 Å². The average Bonchev–Trinajstić information content (AvgIpc) is 2.69. The number of hydrogen-bond acceptors (Lipinski definition) is 7. The number of carbonyl (C=O) groups excluding carboxylic acids is 1. The van der Waals surface area contributed by atoms with Crippen LogP contribution in [0.4, 0.5) is 17.2 Å². The van der Waals surface area contributed by atoms with E-state index in [1.54, 1.807) is 18.2 Å². The van der Waals surface area contributed by atoms with Crippen molar-refractivity contribution in [2.24, 2.45) is 28.6 Å². The van der Waals surface area contributed by atoms with Crippen LogP contribution in [0.5, 0.6) is 0 Å². The highest BCUT2D eigenvalue weighted by molar-refractivity contribution is 7.89. The molecule has 1 aromatic heterocycles. The van der Waals surface area contributed by atoms with Gasteiger partial charge in [-0.05, 0) is 74.1 Å². The van der Waals surface area contributed by atoms with Crippen LogP contribution in [0.15, 0.2) is 41.4 Å². The van der Waals surface area contributed by atoms with E-state index in [9.17, 15) is 18.3 Å². The third kappa shape index (κ3) is 3.94. The molecule has 4 fully saturated rings. The molecule has 1 aromatic carbocycles. The van der Waals surface area contributed by atoms with Crippen molar-refractivity contribution in [3.63, 3.8) is 0 Å². The first-order valence-electron chi connectivity index (χ1n) is 10.8. The summed E-state index contributed by atoms with van der Waals surface area (Å²) in [7, 11) is -3.77. The Balaban J connectivity index is 1.39. The fourth-order valence-corrected chi connectivity index (χ4v) is 6.63. The number of aromatic nitrogens is 1. The van der Waals surface area contributed by atoms with Gasteiger partial charge in [-0.1, -0.05) is 0 Å². The Labute approximate surface area is 186 Å². The Morgan fingerprint density at radius 1 is 1.12 bits per heavy atom. The highest BCUT2D eigenvalue weighted by atomic mass is 32.2. The lowest BCUT2D eigenvalue weighted by Crippen LogP contribution is -2.59. The molecule has 4 aliphatic rings. The van der Waals surface area contributed by atoms with Crippen molar-refractivity contribution in [1.29, 1.82) is 0 Å². The molecule has 1 heterocycles. The highest BCUT2D eigenvalue weighted by Gasteiger charge is 2.54. The zero-order valence-corrected chi connectivity index (χ0v) is 18.3. The lowest BCUT2D eigenvalue weighted by Gasteiger charge is -2.58. The molecule has 32 heavy (non-hydrogen) atoms. The molecule has 10 heteroatoms. The second kappa shape index (κ2) is 7.43. The van der Waals surface area contributed by atoms with Gasteiger partial charge in [0.1, 0.15) is 5.82 Å². The van der Waals surface area contributed by atoms with Gasteiger partial charge in [0.15, 0.2) is 0 Å². The maximum Gasteiger partial charge on any atom is 0.252 e. The predicted molar refractivity (Wildman–Crippen MR) is 120 cm³/mol. The Bertz CT molecular complexity index is 1150. The molecule has 2 aromatic rings. The predicted octanol–water partition coefficient (Wildman–Crippen LogP) is 1.92.